The monoisotopic (exact) mass is 552 g/mol. The highest BCUT2D eigenvalue weighted by Crippen LogP contribution is 2.40. The van der Waals surface area contributed by atoms with Crippen LogP contribution in [-0.2, 0) is 21.0 Å². The molecule has 1 aliphatic heterocycles. The summed E-state index contributed by atoms with van der Waals surface area (Å²) in [4.78, 5) is 14.5. The van der Waals surface area contributed by atoms with Crippen LogP contribution in [0.25, 0.3) is 12.2 Å². The molecule has 2 heterocycles. The zero-order chi connectivity index (χ0) is 26.8. The van der Waals surface area contributed by atoms with Crippen molar-refractivity contribution in [1.29, 1.82) is 0 Å². The van der Waals surface area contributed by atoms with Crippen LogP contribution in [0.3, 0.4) is 0 Å². The van der Waals surface area contributed by atoms with Crippen molar-refractivity contribution in [1.82, 2.24) is 4.98 Å². The van der Waals surface area contributed by atoms with E-state index in [4.69, 9.17) is 21.4 Å². The molecule has 0 saturated heterocycles. The summed E-state index contributed by atoms with van der Waals surface area (Å²) in [5.41, 5.74) is 0.203. The maximum Gasteiger partial charge on any atom is 0.416 e. The second-order valence-electron chi connectivity index (χ2n) is 8.18. The zero-order valence-electron chi connectivity index (χ0n) is 19.0. The van der Waals surface area contributed by atoms with Crippen LogP contribution in [0.1, 0.15) is 29.5 Å². The largest absolute Gasteiger partial charge is 0.486 e. The van der Waals surface area contributed by atoms with Crippen molar-refractivity contribution in [2.24, 2.45) is 0 Å². The van der Waals surface area contributed by atoms with Crippen molar-refractivity contribution in [3.63, 3.8) is 0 Å². The Labute approximate surface area is 215 Å². The number of carbonyl (C=O) groups is 1. The third kappa shape index (κ3) is 6.05. The van der Waals surface area contributed by atoms with Gasteiger partial charge < -0.3 is 9.84 Å². The number of ether oxygens (including phenoxy) is 1. The topological polar surface area (TPSA) is 96.8 Å². The molecule has 1 atom stereocenters. The minimum absolute atomic E-state index is 0.00451. The van der Waals surface area contributed by atoms with Gasteiger partial charge in [0.15, 0.2) is 0 Å². The second kappa shape index (κ2) is 10.4. The predicted molar refractivity (Wildman–Crippen MR) is 132 cm³/mol. The van der Waals surface area contributed by atoms with Gasteiger partial charge in [0.2, 0.25) is 0 Å². The molecule has 0 amide bonds. The van der Waals surface area contributed by atoms with Crippen LogP contribution in [0, 0.1) is 0 Å². The molecule has 7 nitrogen and oxygen atoms in total. The lowest BCUT2D eigenvalue weighted by molar-refractivity contribution is -0.138. The number of pyridine rings is 1. The van der Waals surface area contributed by atoms with E-state index in [1.54, 1.807) is 30.4 Å². The van der Waals surface area contributed by atoms with Crippen molar-refractivity contribution < 1.29 is 36.2 Å². The third-order valence-corrected chi connectivity index (χ3v) is 7.68. The summed E-state index contributed by atoms with van der Waals surface area (Å²) in [7, 11) is -4.47. The van der Waals surface area contributed by atoms with E-state index in [9.17, 15) is 26.4 Å². The SMILES string of the molecule is O=C(O)CCC1CN(S(=O)(=O)c2cccc(C(F)(F)F)c2)c2cc(C=Cc3cccnc3Cl)ccc2O1. The van der Waals surface area contributed by atoms with Gasteiger partial charge in [-0.15, -0.1) is 0 Å². The van der Waals surface area contributed by atoms with Crippen molar-refractivity contribution in [3.05, 3.63) is 82.6 Å². The van der Waals surface area contributed by atoms with Crippen LogP contribution in [-0.4, -0.2) is 37.1 Å². The molecule has 2 aromatic carbocycles. The van der Waals surface area contributed by atoms with Crippen molar-refractivity contribution >= 4 is 45.4 Å². The van der Waals surface area contributed by atoms with Crippen molar-refractivity contribution in [2.75, 3.05) is 10.8 Å². The van der Waals surface area contributed by atoms with Crippen LogP contribution in [0.2, 0.25) is 5.15 Å². The molecule has 0 spiro atoms. The molecule has 194 valence electrons. The van der Waals surface area contributed by atoms with Crippen LogP contribution < -0.4 is 9.04 Å². The highest BCUT2D eigenvalue weighted by atomic mass is 35.5. The molecule has 0 saturated carbocycles. The molecule has 4 rings (SSSR count). The van der Waals surface area contributed by atoms with Crippen molar-refractivity contribution in [3.8, 4) is 5.75 Å². The number of hydrogen-bond donors (Lipinski definition) is 1. The smallest absolute Gasteiger partial charge is 0.416 e. The van der Waals surface area contributed by atoms with Gasteiger partial charge in [-0.3, -0.25) is 9.10 Å². The van der Waals surface area contributed by atoms with E-state index in [1.807, 2.05) is 0 Å². The lowest BCUT2D eigenvalue weighted by Gasteiger charge is -2.35. The summed E-state index contributed by atoms with van der Waals surface area (Å²) in [6.07, 6.45) is -0.928. The lowest BCUT2D eigenvalue weighted by Crippen LogP contribution is -2.43. The Morgan fingerprint density at radius 1 is 1.16 bits per heavy atom. The average molecular weight is 553 g/mol. The van der Waals surface area contributed by atoms with Gasteiger partial charge in [-0.2, -0.15) is 13.2 Å². The first-order valence-electron chi connectivity index (χ1n) is 11.0. The number of aromatic nitrogens is 1. The summed E-state index contributed by atoms with van der Waals surface area (Å²) >= 11 is 6.08. The maximum absolute atomic E-state index is 13.6. The molecule has 0 bridgehead atoms. The van der Waals surface area contributed by atoms with Crippen LogP contribution in [0.5, 0.6) is 5.75 Å². The van der Waals surface area contributed by atoms with Gasteiger partial charge in [-0.05, 0) is 48.4 Å². The third-order valence-electron chi connectivity index (χ3n) is 5.59. The van der Waals surface area contributed by atoms with Crippen LogP contribution in [0.4, 0.5) is 18.9 Å². The zero-order valence-corrected chi connectivity index (χ0v) is 20.6. The number of alkyl halides is 3. The lowest BCUT2D eigenvalue weighted by atomic mass is 10.1. The predicted octanol–water partition coefficient (Wildman–Crippen LogP) is 5.75. The normalized spacial score (nSPS) is 15.9. The quantitative estimate of drug-likeness (QED) is 0.375. The number of nitrogens with zero attached hydrogens (tertiary/aromatic N) is 2. The molecule has 3 aromatic rings. The number of rotatable bonds is 7. The van der Waals surface area contributed by atoms with Gasteiger partial charge in [-0.25, -0.2) is 13.4 Å². The molecule has 1 aromatic heterocycles. The van der Waals surface area contributed by atoms with E-state index in [0.717, 1.165) is 22.5 Å². The van der Waals surface area contributed by atoms with Gasteiger partial charge in [0.05, 0.1) is 22.7 Å². The Morgan fingerprint density at radius 3 is 2.65 bits per heavy atom. The minimum Gasteiger partial charge on any atom is -0.486 e. The van der Waals surface area contributed by atoms with Gasteiger partial charge in [0.1, 0.15) is 17.0 Å². The van der Waals surface area contributed by atoms with E-state index in [-0.39, 0.29) is 36.0 Å². The number of anilines is 1. The molecular formula is C25H20ClF3N2O5S. The van der Waals surface area contributed by atoms with E-state index in [2.05, 4.69) is 4.98 Å². The average Bonchev–Trinajstić information content (AvgIpc) is 2.86. The maximum atomic E-state index is 13.6. The van der Waals surface area contributed by atoms with E-state index >= 15 is 0 Å². The van der Waals surface area contributed by atoms with E-state index in [1.165, 1.54) is 18.3 Å². The number of sulfonamides is 1. The summed E-state index contributed by atoms with van der Waals surface area (Å²) in [6.45, 7) is -0.277. The Kier molecular flexibility index (Phi) is 7.47. The number of carboxylic acid groups (broad SMARTS) is 1. The Morgan fingerprint density at radius 2 is 1.95 bits per heavy atom. The van der Waals surface area contributed by atoms with Crippen LogP contribution in [0.15, 0.2) is 65.7 Å². The minimum atomic E-state index is -4.73. The molecule has 0 fully saturated rings. The molecule has 1 unspecified atom stereocenters. The van der Waals surface area contributed by atoms with Gasteiger partial charge in [-0.1, -0.05) is 42.0 Å². The first-order chi connectivity index (χ1) is 17.4. The van der Waals surface area contributed by atoms with E-state index < -0.39 is 38.7 Å². The second-order valence-corrected chi connectivity index (χ2v) is 10.4. The molecule has 1 aliphatic rings. The summed E-state index contributed by atoms with van der Waals surface area (Å²) in [6, 6.07) is 11.6. The Hall–Kier alpha value is -3.57. The highest BCUT2D eigenvalue weighted by Gasteiger charge is 2.37. The number of halogens is 4. The number of hydrogen-bond acceptors (Lipinski definition) is 5. The van der Waals surface area contributed by atoms with Gasteiger partial charge in [0, 0.05) is 18.2 Å². The summed E-state index contributed by atoms with van der Waals surface area (Å²) in [5.74, 6) is -0.926. The molecule has 12 heteroatoms. The van der Waals surface area contributed by atoms with Crippen molar-refractivity contribution in [2.45, 2.75) is 30.0 Å². The molecule has 1 N–H and O–H groups in total. The van der Waals surface area contributed by atoms with E-state index in [0.29, 0.717) is 17.2 Å². The number of benzene rings is 2. The number of aliphatic carboxylic acids is 1. The molecule has 0 aliphatic carbocycles. The fourth-order valence-electron chi connectivity index (χ4n) is 3.76. The summed E-state index contributed by atoms with van der Waals surface area (Å²) < 4.78 is 73.8. The first-order valence-corrected chi connectivity index (χ1v) is 12.8. The van der Waals surface area contributed by atoms with Gasteiger partial charge in [0.25, 0.3) is 10.0 Å². The first kappa shape index (κ1) is 26.5. The fraction of sp³-hybridized carbons (Fsp3) is 0.200. The Balaban J connectivity index is 1.75. The molecular weight excluding hydrogens is 533 g/mol. The summed E-state index contributed by atoms with van der Waals surface area (Å²) in [5, 5.41) is 9.32. The van der Waals surface area contributed by atoms with Gasteiger partial charge >= 0.3 is 12.1 Å². The Bertz CT molecular complexity index is 1460. The standard InChI is InChI=1S/C25H20ClF3N2O5S/c26-24-17(3-2-12-30-24)8-6-16-7-10-22-21(13-16)31(15-19(36-22)9-11-23(32)33)37(34,35)20-5-1-4-18(14-20)25(27,28)29/h1-8,10,12-14,19H,9,11,15H2,(H,32,33). The number of fused-ring (bicyclic) bond motifs is 1. The fourth-order valence-corrected chi connectivity index (χ4v) is 5.49. The number of carboxylic acids is 1. The molecule has 0 radical (unpaired) electrons. The highest BCUT2D eigenvalue weighted by molar-refractivity contribution is 7.92. The molecule has 37 heavy (non-hydrogen) atoms. The van der Waals surface area contributed by atoms with Crippen LogP contribution >= 0.6 is 11.6 Å².